The van der Waals surface area contributed by atoms with Crippen LogP contribution in [-0.2, 0) is 11.3 Å². The first-order valence-electron chi connectivity index (χ1n) is 9.35. The van der Waals surface area contributed by atoms with E-state index in [2.05, 4.69) is 22.1 Å². The molecular formula is C22H23N3O2S. The first kappa shape index (κ1) is 18.6. The van der Waals surface area contributed by atoms with Crippen molar-refractivity contribution >= 4 is 23.4 Å². The SMILES string of the molecule is Cc1cc(C)cc(OC(C)C(=O)Nc2ccccc2-c2cn3c(n2)SCC3)c1. The number of amides is 1. The Morgan fingerprint density at radius 2 is 1.96 bits per heavy atom. The highest BCUT2D eigenvalue weighted by atomic mass is 32.2. The molecule has 144 valence electrons. The maximum atomic E-state index is 12.7. The molecule has 1 unspecified atom stereocenters. The van der Waals surface area contributed by atoms with Crippen LogP contribution in [0.25, 0.3) is 11.3 Å². The Morgan fingerprint density at radius 3 is 2.71 bits per heavy atom. The number of ether oxygens (including phenoxy) is 1. The van der Waals surface area contributed by atoms with Crippen molar-refractivity contribution in [2.75, 3.05) is 11.1 Å². The molecule has 1 amide bonds. The summed E-state index contributed by atoms with van der Waals surface area (Å²) < 4.78 is 8.03. The van der Waals surface area contributed by atoms with Gasteiger partial charge in [0.05, 0.1) is 11.4 Å². The van der Waals surface area contributed by atoms with Crippen LogP contribution in [0.15, 0.2) is 53.8 Å². The third-order valence-corrected chi connectivity index (χ3v) is 5.61. The van der Waals surface area contributed by atoms with Crippen LogP contribution in [0.1, 0.15) is 18.1 Å². The summed E-state index contributed by atoms with van der Waals surface area (Å²) >= 11 is 1.76. The molecule has 0 spiro atoms. The normalized spacial score (nSPS) is 13.8. The molecule has 0 bridgehead atoms. The summed E-state index contributed by atoms with van der Waals surface area (Å²) in [7, 11) is 0. The number of anilines is 1. The zero-order valence-electron chi connectivity index (χ0n) is 16.2. The molecule has 2 heterocycles. The minimum atomic E-state index is -0.614. The lowest BCUT2D eigenvalue weighted by Crippen LogP contribution is -2.30. The molecular weight excluding hydrogens is 370 g/mol. The van der Waals surface area contributed by atoms with Gasteiger partial charge in [-0.1, -0.05) is 36.0 Å². The topological polar surface area (TPSA) is 56.1 Å². The molecule has 0 saturated heterocycles. The fourth-order valence-electron chi connectivity index (χ4n) is 3.35. The second-order valence-electron chi connectivity index (χ2n) is 7.07. The Bertz CT molecular complexity index is 987. The zero-order valence-corrected chi connectivity index (χ0v) is 17.0. The van der Waals surface area contributed by atoms with Gasteiger partial charge in [-0.25, -0.2) is 4.98 Å². The average Bonchev–Trinajstić information content (AvgIpc) is 3.23. The number of aromatic nitrogens is 2. The summed E-state index contributed by atoms with van der Waals surface area (Å²) in [4.78, 5) is 17.4. The van der Waals surface area contributed by atoms with E-state index in [1.165, 1.54) is 0 Å². The van der Waals surface area contributed by atoms with Crippen LogP contribution in [0.5, 0.6) is 5.75 Å². The minimum absolute atomic E-state index is 0.187. The smallest absolute Gasteiger partial charge is 0.265 e. The fraction of sp³-hybridized carbons (Fsp3) is 0.273. The summed E-state index contributed by atoms with van der Waals surface area (Å²) in [5, 5.41) is 4.03. The molecule has 28 heavy (non-hydrogen) atoms. The number of imidazole rings is 1. The average molecular weight is 394 g/mol. The number of para-hydroxylation sites is 1. The lowest BCUT2D eigenvalue weighted by Gasteiger charge is -2.17. The summed E-state index contributed by atoms with van der Waals surface area (Å²) in [6.07, 6.45) is 1.44. The molecule has 1 aromatic heterocycles. The number of benzene rings is 2. The van der Waals surface area contributed by atoms with E-state index in [0.717, 1.165) is 45.5 Å². The highest BCUT2D eigenvalue weighted by Crippen LogP contribution is 2.32. The van der Waals surface area contributed by atoms with Crippen LogP contribution in [0, 0.1) is 13.8 Å². The maximum absolute atomic E-state index is 12.7. The van der Waals surface area contributed by atoms with Gasteiger partial charge >= 0.3 is 0 Å². The van der Waals surface area contributed by atoms with Crippen LogP contribution in [-0.4, -0.2) is 27.3 Å². The van der Waals surface area contributed by atoms with E-state index >= 15 is 0 Å². The molecule has 0 radical (unpaired) electrons. The van der Waals surface area contributed by atoms with Crippen LogP contribution < -0.4 is 10.1 Å². The number of nitrogens with zero attached hydrogens (tertiary/aromatic N) is 2. The first-order valence-corrected chi connectivity index (χ1v) is 10.3. The first-order chi connectivity index (χ1) is 13.5. The van der Waals surface area contributed by atoms with Crippen LogP contribution in [0.3, 0.4) is 0 Å². The highest BCUT2D eigenvalue weighted by Gasteiger charge is 2.20. The van der Waals surface area contributed by atoms with Crippen LogP contribution in [0.2, 0.25) is 0 Å². The number of hydrogen-bond acceptors (Lipinski definition) is 4. The molecule has 0 saturated carbocycles. The predicted octanol–water partition coefficient (Wildman–Crippen LogP) is 4.68. The summed E-state index contributed by atoms with van der Waals surface area (Å²) in [5.74, 6) is 1.58. The van der Waals surface area contributed by atoms with Gasteiger partial charge in [-0.15, -0.1) is 0 Å². The number of thioether (sulfide) groups is 1. The Hall–Kier alpha value is -2.73. The van der Waals surface area contributed by atoms with Crippen molar-refractivity contribution < 1.29 is 9.53 Å². The second kappa shape index (κ2) is 7.72. The Balaban J connectivity index is 1.51. The lowest BCUT2D eigenvalue weighted by molar-refractivity contribution is -0.122. The Morgan fingerprint density at radius 1 is 1.21 bits per heavy atom. The van der Waals surface area contributed by atoms with Gasteiger partial charge in [-0.05, 0) is 50.1 Å². The van der Waals surface area contributed by atoms with Gasteiger partial charge in [-0.2, -0.15) is 0 Å². The standard InChI is InChI=1S/C22H23N3O2S/c1-14-10-15(2)12-17(11-14)27-16(3)21(26)23-19-7-5-4-6-18(19)20-13-25-8-9-28-22(25)24-20/h4-7,10-13,16H,8-9H2,1-3H3,(H,23,26). The van der Waals surface area contributed by atoms with E-state index in [-0.39, 0.29) is 5.91 Å². The van der Waals surface area contributed by atoms with Crippen molar-refractivity contribution in [3.05, 3.63) is 59.8 Å². The predicted molar refractivity (Wildman–Crippen MR) is 113 cm³/mol. The summed E-state index contributed by atoms with van der Waals surface area (Å²) in [6, 6.07) is 13.7. The van der Waals surface area contributed by atoms with Gasteiger partial charge in [0, 0.05) is 24.1 Å². The number of rotatable bonds is 5. The second-order valence-corrected chi connectivity index (χ2v) is 8.13. The third kappa shape index (κ3) is 3.92. The zero-order chi connectivity index (χ0) is 19.7. The molecule has 1 N–H and O–H groups in total. The maximum Gasteiger partial charge on any atom is 0.265 e. The number of fused-ring (bicyclic) bond motifs is 1. The molecule has 1 aliphatic rings. The number of aryl methyl sites for hydroxylation is 3. The Labute approximate surface area is 169 Å². The van der Waals surface area contributed by atoms with Gasteiger partial charge < -0.3 is 14.6 Å². The van der Waals surface area contributed by atoms with E-state index in [1.807, 2.05) is 50.2 Å². The van der Waals surface area contributed by atoms with Crippen LogP contribution >= 0.6 is 11.8 Å². The molecule has 5 nitrogen and oxygen atoms in total. The molecule has 4 rings (SSSR count). The van der Waals surface area contributed by atoms with Crippen molar-refractivity contribution in [1.29, 1.82) is 0 Å². The lowest BCUT2D eigenvalue weighted by atomic mass is 10.1. The Kier molecular flexibility index (Phi) is 5.13. The quantitative estimate of drug-likeness (QED) is 0.684. The third-order valence-electron chi connectivity index (χ3n) is 4.64. The minimum Gasteiger partial charge on any atom is -0.481 e. The molecule has 0 aliphatic carbocycles. The highest BCUT2D eigenvalue weighted by molar-refractivity contribution is 7.99. The van der Waals surface area contributed by atoms with Crippen LogP contribution in [0.4, 0.5) is 5.69 Å². The summed E-state index contributed by atoms with van der Waals surface area (Å²) in [5.41, 5.74) is 4.75. The van der Waals surface area contributed by atoms with Crippen molar-refractivity contribution in [1.82, 2.24) is 9.55 Å². The van der Waals surface area contributed by atoms with Crippen molar-refractivity contribution in [2.45, 2.75) is 38.6 Å². The largest absolute Gasteiger partial charge is 0.481 e. The van der Waals surface area contributed by atoms with E-state index in [1.54, 1.807) is 18.7 Å². The number of hydrogen-bond donors (Lipinski definition) is 1. The monoisotopic (exact) mass is 393 g/mol. The molecule has 0 fully saturated rings. The van der Waals surface area contributed by atoms with Crippen molar-refractivity contribution in [2.24, 2.45) is 0 Å². The molecule has 1 aliphatic heterocycles. The van der Waals surface area contributed by atoms with Gasteiger partial charge in [0.2, 0.25) is 0 Å². The number of nitrogens with one attached hydrogen (secondary N) is 1. The van der Waals surface area contributed by atoms with Gasteiger partial charge in [0.15, 0.2) is 11.3 Å². The van der Waals surface area contributed by atoms with Gasteiger partial charge in [-0.3, -0.25) is 4.79 Å². The number of carbonyl (C=O) groups excluding carboxylic acids is 1. The van der Waals surface area contributed by atoms with Crippen molar-refractivity contribution in [3.63, 3.8) is 0 Å². The summed E-state index contributed by atoms with van der Waals surface area (Å²) in [6.45, 7) is 6.77. The van der Waals surface area contributed by atoms with Gasteiger partial charge in [0.25, 0.3) is 5.91 Å². The number of carbonyl (C=O) groups is 1. The van der Waals surface area contributed by atoms with E-state index in [9.17, 15) is 4.79 Å². The van der Waals surface area contributed by atoms with Gasteiger partial charge in [0.1, 0.15) is 5.75 Å². The fourth-order valence-corrected chi connectivity index (χ4v) is 4.29. The van der Waals surface area contributed by atoms with Crippen molar-refractivity contribution in [3.8, 4) is 17.0 Å². The molecule has 3 aromatic rings. The molecule has 2 aromatic carbocycles. The molecule has 6 heteroatoms. The molecule has 1 atom stereocenters. The van der Waals surface area contributed by atoms with E-state index in [4.69, 9.17) is 9.72 Å². The van der Waals surface area contributed by atoms with E-state index < -0.39 is 6.10 Å². The van der Waals surface area contributed by atoms with E-state index in [0.29, 0.717) is 5.75 Å².